The fourth-order valence-electron chi connectivity index (χ4n) is 0.643. The van der Waals surface area contributed by atoms with E-state index in [2.05, 4.69) is 0 Å². The average molecular weight is 214 g/mol. The summed E-state index contributed by atoms with van der Waals surface area (Å²) in [5.41, 5.74) is 1.27. The van der Waals surface area contributed by atoms with Gasteiger partial charge in [0.1, 0.15) is 4.49 Å². The van der Waals surface area contributed by atoms with Crippen molar-refractivity contribution in [2.75, 3.05) is 5.88 Å². The second-order valence-corrected chi connectivity index (χ2v) is 3.55. The molecule has 0 spiro atoms. The standard InChI is InChI=1S/C8H11Cl3/c1-7(5-6-9)3-2-4-8(10)11/h4-5H,2-3,6H2,1H3/b7-5+. The van der Waals surface area contributed by atoms with Crippen LogP contribution in [0.25, 0.3) is 0 Å². The largest absolute Gasteiger partial charge is 0.122 e. The molecule has 0 saturated heterocycles. The van der Waals surface area contributed by atoms with Crippen LogP contribution in [-0.2, 0) is 0 Å². The lowest BCUT2D eigenvalue weighted by Crippen LogP contribution is -1.76. The van der Waals surface area contributed by atoms with Gasteiger partial charge >= 0.3 is 0 Å². The number of alkyl halides is 1. The van der Waals surface area contributed by atoms with E-state index in [0.717, 1.165) is 12.8 Å². The zero-order valence-corrected chi connectivity index (χ0v) is 8.68. The summed E-state index contributed by atoms with van der Waals surface area (Å²) in [4.78, 5) is 0. The Balaban J connectivity index is 3.54. The summed E-state index contributed by atoms with van der Waals surface area (Å²) in [6.45, 7) is 2.04. The summed E-state index contributed by atoms with van der Waals surface area (Å²) < 4.78 is 0.337. The van der Waals surface area contributed by atoms with Crippen molar-refractivity contribution in [2.45, 2.75) is 19.8 Å². The minimum atomic E-state index is 0.337. The molecule has 0 atom stereocenters. The van der Waals surface area contributed by atoms with Crippen LogP contribution in [0.3, 0.4) is 0 Å². The Kier molecular flexibility index (Phi) is 7.25. The molecule has 0 nitrogen and oxygen atoms in total. The summed E-state index contributed by atoms with van der Waals surface area (Å²) in [6, 6.07) is 0. The maximum atomic E-state index is 5.49. The molecule has 3 heteroatoms. The molecule has 0 rings (SSSR count). The van der Waals surface area contributed by atoms with Crippen LogP contribution in [0.15, 0.2) is 22.2 Å². The zero-order valence-electron chi connectivity index (χ0n) is 6.41. The van der Waals surface area contributed by atoms with Crippen molar-refractivity contribution in [1.82, 2.24) is 0 Å². The molecular weight excluding hydrogens is 202 g/mol. The van der Waals surface area contributed by atoms with E-state index in [0.29, 0.717) is 10.4 Å². The van der Waals surface area contributed by atoms with Crippen molar-refractivity contribution in [1.29, 1.82) is 0 Å². The molecule has 0 amide bonds. The molecule has 0 radical (unpaired) electrons. The Bertz CT molecular complexity index is 155. The highest BCUT2D eigenvalue weighted by molar-refractivity contribution is 6.55. The predicted molar refractivity (Wildman–Crippen MR) is 53.5 cm³/mol. The molecule has 0 N–H and O–H groups in total. The molecular formula is C8H11Cl3. The quantitative estimate of drug-likeness (QED) is 0.483. The maximum absolute atomic E-state index is 5.49. The van der Waals surface area contributed by atoms with E-state index in [4.69, 9.17) is 34.8 Å². The maximum Gasteiger partial charge on any atom is 0.102 e. The topological polar surface area (TPSA) is 0 Å². The highest BCUT2D eigenvalue weighted by Crippen LogP contribution is 2.11. The normalized spacial score (nSPS) is 11.5. The molecule has 0 aromatic carbocycles. The molecule has 0 bridgehead atoms. The van der Waals surface area contributed by atoms with Crippen LogP contribution in [0.4, 0.5) is 0 Å². The van der Waals surface area contributed by atoms with Gasteiger partial charge in [0.05, 0.1) is 0 Å². The molecule has 64 valence electrons. The van der Waals surface area contributed by atoms with Crippen LogP contribution in [0, 0.1) is 0 Å². The summed E-state index contributed by atoms with van der Waals surface area (Å²) in [6.07, 6.45) is 5.61. The minimum Gasteiger partial charge on any atom is -0.122 e. The Morgan fingerprint density at radius 2 is 1.91 bits per heavy atom. The first-order valence-corrected chi connectivity index (χ1v) is 4.68. The fraction of sp³-hybridized carbons (Fsp3) is 0.500. The van der Waals surface area contributed by atoms with Gasteiger partial charge in [0, 0.05) is 5.88 Å². The first-order valence-electron chi connectivity index (χ1n) is 3.39. The van der Waals surface area contributed by atoms with Gasteiger partial charge in [-0.2, -0.15) is 0 Å². The lowest BCUT2D eigenvalue weighted by molar-refractivity contribution is 0.975. The first-order chi connectivity index (χ1) is 5.16. The summed E-state index contributed by atoms with van der Waals surface area (Å²) in [5.74, 6) is 0.574. The summed E-state index contributed by atoms with van der Waals surface area (Å²) >= 11 is 16.3. The van der Waals surface area contributed by atoms with E-state index in [1.54, 1.807) is 6.08 Å². The third kappa shape index (κ3) is 8.25. The number of hydrogen-bond donors (Lipinski definition) is 0. The zero-order chi connectivity index (χ0) is 8.69. The Morgan fingerprint density at radius 3 is 2.36 bits per heavy atom. The SMILES string of the molecule is C/C(=C\CCl)CCC=C(Cl)Cl. The average Bonchev–Trinajstić information content (AvgIpc) is 1.87. The Morgan fingerprint density at radius 1 is 1.27 bits per heavy atom. The van der Waals surface area contributed by atoms with E-state index in [-0.39, 0.29) is 0 Å². The van der Waals surface area contributed by atoms with Gasteiger partial charge in [0.25, 0.3) is 0 Å². The third-order valence-corrected chi connectivity index (χ3v) is 1.73. The second kappa shape index (κ2) is 7.02. The molecule has 0 aliphatic rings. The first kappa shape index (κ1) is 11.4. The van der Waals surface area contributed by atoms with Crippen LogP contribution in [-0.4, -0.2) is 5.88 Å². The highest BCUT2D eigenvalue weighted by atomic mass is 35.5. The summed E-state index contributed by atoms with van der Waals surface area (Å²) in [5, 5.41) is 0. The molecule has 0 saturated carbocycles. The van der Waals surface area contributed by atoms with Gasteiger partial charge in [0.15, 0.2) is 0 Å². The molecule has 0 unspecified atom stereocenters. The van der Waals surface area contributed by atoms with E-state index in [9.17, 15) is 0 Å². The molecule has 11 heavy (non-hydrogen) atoms. The second-order valence-electron chi connectivity index (χ2n) is 2.24. The lowest BCUT2D eigenvalue weighted by atomic mass is 10.1. The van der Waals surface area contributed by atoms with Crippen LogP contribution in [0.2, 0.25) is 0 Å². The smallest absolute Gasteiger partial charge is 0.102 e. The van der Waals surface area contributed by atoms with E-state index >= 15 is 0 Å². The van der Waals surface area contributed by atoms with Crippen LogP contribution >= 0.6 is 34.8 Å². The lowest BCUT2D eigenvalue weighted by Gasteiger charge is -1.95. The number of hydrogen-bond acceptors (Lipinski definition) is 0. The highest BCUT2D eigenvalue weighted by Gasteiger charge is 1.88. The molecule has 0 aromatic heterocycles. The van der Waals surface area contributed by atoms with Crippen molar-refractivity contribution < 1.29 is 0 Å². The van der Waals surface area contributed by atoms with Crippen molar-refractivity contribution in [3.63, 3.8) is 0 Å². The van der Waals surface area contributed by atoms with Gasteiger partial charge in [0.2, 0.25) is 0 Å². The van der Waals surface area contributed by atoms with E-state index < -0.39 is 0 Å². The number of allylic oxidation sites excluding steroid dienone is 3. The monoisotopic (exact) mass is 212 g/mol. The Labute approximate surface area is 82.8 Å². The van der Waals surface area contributed by atoms with Crippen molar-refractivity contribution in [3.8, 4) is 0 Å². The van der Waals surface area contributed by atoms with Gasteiger partial charge in [-0.15, -0.1) is 11.6 Å². The van der Waals surface area contributed by atoms with Crippen molar-refractivity contribution >= 4 is 34.8 Å². The van der Waals surface area contributed by atoms with Gasteiger partial charge < -0.3 is 0 Å². The van der Waals surface area contributed by atoms with Crippen LogP contribution in [0.1, 0.15) is 19.8 Å². The van der Waals surface area contributed by atoms with Crippen molar-refractivity contribution in [3.05, 3.63) is 22.2 Å². The molecule has 0 aliphatic heterocycles. The van der Waals surface area contributed by atoms with E-state index in [1.165, 1.54) is 5.57 Å². The van der Waals surface area contributed by atoms with Crippen LogP contribution < -0.4 is 0 Å². The number of rotatable bonds is 4. The minimum absolute atomic E-state index is 0.337. The predicted octanol–water partition coefficient (Wildman–Crippen LogP) is 4.27. The molecule has 0 aliphatic carbocycles. The van der Waals surface area contributed by atoms with Gasteiger partial charge in [-0.25, -0.2) is 0 Å². The van der Waals surface area contributed by atoms with Crippen LogP contribution in [0.5, 0.6) is 0 Å². The fourth-order valence-corrected chi connectivity index (χ4v) is 1.12. The molecule has 0 fully saturated rings. The molecule has 0 aromatic rings. The summed E-state index contributed by atoms with van der Waals surface area (Å²) in [7, 11) is 0. The number of halogens is 3. The van der Waals surface area contributed by atoms with Gasteiger partial charge in [-0.3, -0.25) is 0 Å². The molecule has 0 heterocycles. The van der Waals surface area contributed by atoms with Gasteiger partial charge in [-0.1, -0.05) is 40.9 Å². The Hall–Kier alpha value is 0.350. The third-order valence-electron chi connectivity index (χ3n) is 1.26. The van der Waals surface area contributed by atoms with Crippen molar-refractivity contribution in [2.24, 2.45) is 0 Å². The van der Waals surface area contributed by atoms with Gasteiger partial charge in [-0.05, 0) is 19.8 Å². The van der Waals surface area contributed by atoms with E-state index in [1.807, 2.05) is 13.0 Å².